The molecule has 3 aliphatic rings. The molecule has 75 heavy (non-hydrogen) atoms. The lowest BCUT2D eigenvalue weighted by Crippen LogP contribution is -2.50. The number of thiocarbonyl (C=S) groups is 1. The number of rotatable bonds is 14. The van der Waals surface area contributed by atoms with E-state index in [1.807, 2.05) is 19.9 Å². The van der Waals surface area contributed by atoms with Crippen molar-refractivity contribution in [1.29, 1.82) is 0 Å². The maximum Gasteiger partial charge on any atom is 0.340 e. The molecule has 2 aromatic heterocycles. The van der Waals surface area contributed by atoms with Gasteiger partial charge in [-0.15, -0.1) is 0 Å². The molecular weight excluding hydrogens is 1000 g/mol. The first kappa shape index (κ1) is 50.1. The average molecular weight is 1050 g/mol. The van der Waals surface area contributed by atoms with E-state index in [0.717, 1.165) is 22.2 Å². The van der Waals surface area contributed by atoms with Gasteiger partial charge >= 0.3 is 11.9 Å². The number of amides is 3. The minimum absolute atomic E-state index is 0.0126. The van der Waals surface area contributed by atoms with Gasteiger partial charge in [0, 0.05) is 99.7 Å². The number of aromatic amines is 1. The number of fused-ring (bicyclic) bond motifs is 8. The number of carboxylic acids is 1. The van der Waals surface area contributed by atoms with Crippen molar-refractivity contribution in [3.8, 4) is 23.0 Å². The SMILES string of the molecule is Cc1[nH]c2cc(C(=O)N3C[C@@H](NC(=O)CCc4cc(=O)c5cc(Cl)ccc5o4)C[C@H]3C(=O)NC(CCCCNC(=S)Nc3ccc4c(c3)C(=O)OC43c4ccc(O)cc4Oc4cc(O)ccc43)C(=O)O)ccc2c1C. The normalized spacial score (nSPS) is 16.4. The lowest BCUT2D eigenvalue weighted by Gasteiger charge is -2.36. The Morgan fingerprint density at radius 3 is 2.35 bits per heavy atom. The van der Waals surface area contributed by atoms with Crippen LogP contribution in [0.3, 0.4) is 0 Å². The molecule has 1 unspecified atom stereocenters. The fraction of sp³-hybridized carbons (Fsp3) is 0.255. The van der Waals surface area contributed by atoms with Crippen LogP contribution in [0.2, 0.25) is 5.02 Å². The summed E-state index contributed by atoms with van der Waals surface area (Å²) in [7, 11) is 0. The Morgan fingerprint density at radius 1 is 0.880 bits per heavy atom. The smallest absolute Gasteiger partial charge is 0.340 e. The summed E-state index contributed by atoms with van der Waals surface area (Å²) in [4.78, 5) is 85.2. The number of anilines is 1. The van der Waals surface area contributed by atoms with E-state index in [1.54, 1.807) is 54.6 Å². The van der Waals surface area contributed by atoms with E-state index < -0.39 is 53.4 Å². The molecule has 0 bridgehead atoms. The van der Waals surface area contributed by atoms with Crippen molar-refractivity contribution in [3.63, 3.8) is 0 Å². The third-order valence-electron chi connectivity index (χ3n) is 14.0. The number of phenolic OH excluding ortho intramolecular Hbond substituents is 2. The second kappa shape index (κ2) is 20.1. The first-order valence-electron chi connectivity index (χ1n) is 24.2. The minimum Gasteiger partial charge on any atom is -0.508 e. The molecule has 1 saturated heterocycles. The number of esters is 1. The van der Waals surface area contributed by atoms with Gasteiger partial charge in [0.25, 0.3) is 5.91 Å². The summed E-state index contributed by atoms with van der Waals surface area (Å²) >= 11 is 11.6. The van der Waals surface area contributed by atoms with Crippen molar-refractivity contribution in [2.75, 3.05) is 18.4 Å². The molecule has 1 fully saturated rings. The molecule has 10 rings (SSSR count). The van der Waals surface area contributed by atoms with Crippen LogP contribution in [0.4, 0.5) is 5.69 Å². The Kier molecular flexibility index (Phi) is 13.5. The largest absolute Gasteiger partial charge is 0.508 e. The first-order valence-corrected chi connectivity index (χ1v) is 25.0. The summed E-state index contributed by atoms with van der Waals surface area (Å²) in [5.41, 5.74) is 3.87. The molecular formula is C55H49ClN6O12S. The summed E-state index contributed by atoms with van der Waals surface area (Å²) in [5, 5.41) is 44.3. The maximum absolute atomic E-state index is 14.3. The molecule has 18 nitrogen and oxygen atoms in total. The molecule has 8 N–H and O–H groups in total. The fourth-order valence-corrected chi connectivity index (χ4v) is 10.6. The Balaban J connectivity index is 0.760. The average Bonchev–Trinajstić information content (AvgIpc) is 4.02. The highest BCUT2D eigenvalue weighted by molar-refractivity contribution is 7.80. The number of nitrogens with zero attached hydrogens (tertiary/aromatic N) is 1. The fourth-order valence-electron chi connectivity index (χ4n) is 10.2. The van der Waals surface area contributed by atoms with Crippen LogP contribution in [-0.4, -0.2) is 91.2 Å². The van der Waals surface area contributed by atoms with Gasteiger partial charge in [-0.2, -0.15) is 0 Å². The third kappa shape index (κ3) is 9.79. The first-order chi connectivity index (χ1) is 35.9. The van der Waals surface area contributed by atoms with E-state index in [1.165, 1.54) is 41.3 Å². The maximum atomic E-state index is 14.3. The Morgan fingerprint density at radius 2 is 1.61 bits per heavy atom. The van der Waals surface area contributed by atoms with Gasteiger partial charge in [-0.25, -0.2) is 9.59 Å². The summed E-state index contributed by atoms with van der Waals surface area (Å²) in [6.45, 7) is 4.20. The van der Waals surface area contributed by atoms with Crippen molar-refractivity contribution >= 4 is 86.2 Å². The summed E-state index contributed by atoms with van der Waals surface area (Å²) in [6.07, 6.45) is 0.912. The lowest BCUT2D eigenvalue weighted by atomic mass is 9.77. The topological polar surface area (TPSA) is 262 Å². The zero-order chi connectivity index (χ0) is 52.9. The highest BCUT2D eigenvalue weighted by Crippen LogP contribution is 2.57. The number of halogens is 1. The van der Waals surface area contributed by atoms with Crippen molar-refractivity contribution in [2.24, 2.45) is 0 Å². The van der Waals surface area contributed by atoms with Crippen molar-refractivity contribution in [1.82, 2.24) is 25.8 Å². The second-order valence-electron chi connectivity index (χ2n) is 18.9. The number of carbonyl (C=O) groups excluding carboxylic acids is 4. The van der Waals surface area contributed by atoms with E-state index in [-0.39, 0.29) is 71.3 Å². The van der Waals surface area contributed by atoms with Crippen LogP contribution in [0.1, 0.15) is 86.5 Å². The summed E-state index contributed by atoms with van der Waals surface area (Å²) < 4.78 is 18.0. The molecule has 5 aromatic carbocycles. The van der Waals surface area contributed by atoms with E-state index in [9.17, 15) is 44.1 Å². The molecule has 3 amide bonds. The number of aromatic hydroxyl groups is 2. The number of unbranched alkanes of at least 4 members (excludes halogenated alkanes) is 1. The molecule has 5 heterocycles. The molecule has 384 valence electrons. The molecule has 3 atom stereocenters. The number of carboxylic acid groups (broad SMARTS) is 1. The number of carbonyl (C=O) groups is 5. The van der Waals surface area contributed by atoms with Crippen LogP contribution in [0.5, 0.6) is 23.0 Å². The molecule has 0 aliphatic carbocycles. The number of aromatic nitrogens is 1. The van der Waals surface area contributed by atoms with Gasteiger partial charge in [-0.3, -0.25) is 19.2 Å². The number of phenols is 2. The predicted molar refractivity (Wildman–Crippen MR) is 281 cm³/mol. The zero-order valence-electron chi connectivity index (χ0n) is 40.4. The monoisotopic (exact) mass is 1050 g/mol. The number of benzene rings is 5. The summed E-state index contributed by atoms with van der Waals surface area (Å²) in [6, 6.07) is 22.2. The number of H-pyrrole nitrogens is 1. The number of nitrogens with one attached hydrogen (secondary N) is 5. The van der Waals surface area contributed by atoms with Crippen molar-refractivity contribution in [2.45, 2.75) is 76.1 Å². The molecule has 7 aromatic rings. The van der Waals surface area contributed by atoms with Crippen LogP contribution in [0.25, 0.3) is 21.9 Å². The Labute approximate surface area is 438 Å². The van der Waals surface area contributed by atoms with Gasteiger partial charge in [0.1, 0.15) is 46.4 Å². The van der Waals surface area contributed by atoms with Crippen LogP contribution >= 0.6 is 23.8 Å². The molecule has 20 heteroatoms. The van der Waals surface area contributed by atoms with Gasteiger partial charge in [-0.05, 0) is 124 Å². The number of ether oxygens (including phenoxy) is 2. The van der Waals surface area contributed by atoms with Gasteiger partial charge in [-0.1, -0.05) is 23.7 Å². The number of aliphatic carboxylic acids is 1. The van der Waals surface area contributed by atoms with E-state index in [2.05, 4.69) is 26.3 Å². The van der Waals surface area contributed by atoms with E-state index in [4.69, 9.17) is 37.7 Å². The third-order valence-corrected chi connectivity index (χ3v) is 14.5. The van der Waals surface area contributed by atoms with Gasteiger partial charge in [0.05, 0.1) is 10.9 Å². The van der Waals surface area contributed by atoms with Crippen LogP contribution in [-0.2, 0) is 31.1 Å². The van der Waals surface area contributed by atoms with Crippen molar-refractivity contribution in [3.05, 3.63) is 157 Å². The highest BCUT2D eigenvalue weighted by atomic mass is 35.5. The molecule has 0 saturated carbocycles. The van der Waals surface area contributed by atoms with Gasteiger partial charge in [0.15, 0.2) is 16.1 Å². The Hall–Kier alpha value is -8.42. The molecule has 3 aliphatic heterocycles. The van der Waals surface area contributed by atoms with Crippen LogP contribution < -0.4 is 31.4 Å². The quantitative estimate of drug-likeness (QED) is 0.0297. The number of hydrogen-bond donors (Lipinski definition) is 8. The molecule has 0 radical (unpaired) electrons. The van der Waals surface area contributed by atoms with Gasteiger partial charge < -0.3 is 60.4 Å². The lowest BCUT2D eigenvalue weighted by molar-refractivity contribution is -0.142. The Bertz CT molecular complexity index is 3540. The number of likely N-dealkylation sites (tertiary alicyclic amines) is 1. The van der Waals surface area contributed by atoms with Gasteiger partial charge in [0.2, 0.25) is 11.8 Å². The highest BCUT2D eigenvalue weighted by Gasteiger charge is 2.54. The van der Waals surface area contributed by atoms with Crippen molar-refractivity contribution < 1.29 is 53.2 Å². The number of aryl methyl sites for hydroxylation is 3. The molecule has 1 spiro atoms. The number of hydrogen-bond acceptors (Lipinski definition) is 12. The zero-order valence-corrected chi connectivity index (χ0v) is 41.9. The summed E-state index contributed by atoms with van der Waals surface area (Å²) in [5.74, 6) is -2.74. The van der Waals surface area contributed by atoms with Crippen LogP contribution in [0, 0.1) is 13.8 Å². The van der Waals surface area contributed by atoms with Crippen LogP contribution in [0.15, 0.2) is 106 Å². The predicted octanol–water partition coefficient (Wildman–Crippen LogP) is 7.58. The standard InChI is InChI=1S/C55H49ClN6O12S/c1-27-28(2)58-43-19-29(6-12-36(27)43)51(68)62-26-32(59-49(66)17-11-35-25-45(65)38-20-30(56)7-16-46(38)72-35)22-44(62)50(67)61-42(52(69)70)5-3-4-18-57-54(75)60-31-8-13-39-37(21-31)53(71)74-55(39)40-14-9-33(63)23-47(40)73-48-24-34(64)10-15-41(48)55/h6-10,12-16,19-21,23-25,32,42,44,58,63-64H,3-5,11,17-18,22,26H2,1-2H3,(H,59,66)(H,61,67)(H,69,70)(H2,57,60,75)/t32-,42?,44-/m0/s1. The minimum atomic E-state index is -1.42. The van der Waals surface area contributed by atoms with E-state index in [0.29, 0.717) is 69.1 Å². The second-order valence-corrected chi connectivity index (χ2v) is 19.7. The van der Waals surface area contributed by atoms with E-state index >= 15 is 0 Å².